The Kier molecular flexibility index (Phi) is 3.74. The van der Waals surface area contributed by atoms with Gasteiger partial charge >= 0.3 is 0 Å². The highest BCUT2D eigenvalue weighted by Gasteiger charge is 2.18. The molecule has 0 saturated carbocycles. The maximum atomic E-state index is 13.4. The topological polar surface area (TPSA) is 55.9 Å². The normalized spacial score (nSPS) is 12.7. The van der Waals surface area contributed by atoms with Gasteiger partial charge in [-0.05, 0) is 43.2 Å². The van der Waals surface area contributed by atoms with Crippen molar-refractivity contribution >= 4 is 0 Å². The van der Waals surface area contributed by atoms with Gasteiger partial charge in [0.05, 0.1) is 11.7 Å². The zero-order valence-electron chi connectivity index (χ0n) is 10.5. The van der Waals surface area contributed by atoms with E-state index in [1.165, 1.54) is 12.1 Å². The molecule has 0 radical (unpaired) electrons. The molecule has 0 aliphatic heterocycles. The molecule has 0 spiro atoms. The number of hydrazine groups is 1. The van der Waals surface area contributed by atoms with Crippen molar-refractivity contribution in [3.8, 4) is 0 Å². The van der Waals surface area contributed by atoms with Gasteiger partial charge in [0.25, 0.3) is 0 Å². The van der Waals surface area contributed by atoms with Crippen LogP contribution in [0.4, 0.5) is 4.39 Å². The van der Waals surface area contributed by atoms with Crippen LogP contribution in [-0.4, -0.2) is 9.78 Å². The fourth-order valence-electron chi connectivity index (χ4n) is 2.11. The third kappa shape index (κ3) is 2.27. The minimum atomic E-state index is -0.265. The Morgan fingerprint density at radius 1 is 1.44 bits per heavy atom. The van der Waals surface area contributed by atoms with Crippen molar-refractivity contribution in [2.45, 2.75) is 26.4 Å². The Labute approximate surface area is 106 Å². The van der Waals surface area contributed by atoms with Gasteiger partial charge in [-0.2, -0.15) is 5.10 Å². The first-order chi connectivity index (χ1) is 8.67. The summed E-state index contributed by atoms with van der Waals surface area (Å²) in [6.07, 6.45) is 1.72. The number of hydrogen-bond acceptors (Lipinski definition) is 3. The van der Waals surface area contributed by atoms with E-state index < -0.39 is 0 Å². The van der Waals surface area contributed by atoms with Crippen LogP contribution in [-0.2, 0) is 6.54 Å². The van der Waals surface area contributed by atoms with Crippen LogP contribution in [0.3, 0.4) is 0 Å². The van der Waals surface area contributed by atoms with Crippen molar-refractivity contribution in [1.29, 1.82) is 0 Å². The molecule has 1 heterocycles. The summed E-state index contributed by atoms with van der Waals surface area (Å²) in [6.45, 7) is 4.68. The lowest BCUT2D eigenvalue weighted by Crippen LogP contribution is -2.31. The molecule has 0 saturated heterocycles. The fraction of sp³-hybridized carbons (Fsp3) is 0.308. The number of nitrogens with two attached hydrogens (primary N) is 1. The molecule has 0 aliphatic rings. The highest BCUT2D eigenvalue weighted by molar-refractivity contribution is 5.34. The zero-order valence-corrected chi connectivity index (χ0v) is 10.5. The van der Waals surface area contributed by atoms with E-state index in [9.17, 15) is 4.39 Å². The molecule has 1 aromatic carbocycles. The lowest BCUT2D eigenvalue weighted by molar-refractivity contribution is 0.538. The van der Waals surface area contributed by atoms with E-state index in [-0.39, 0.29) is 11.9 Å². The fourth-order valence-corrected chi connectivity index (χ4v) is 2.11. The Balaban J connectivity index is 2.48. The van der Waals surface area contributed by atoms with E-state index >= 15 is 0 Å². The van der Waals surface area contributed by atoms with Gasteiger partial charge in [-0.25, -0.2) is 9.82 Å². The lowest BCUT2D eigenvalue weighted by atomic mass is 9.99. The van der Waals surface area contributed by atoms with E-state index in [1.54, 1.807) is 12.3 Å². The molecule has 0 bridgehead atoms. The quantitative estimate of drug-likeness (QED) is 0.642. The number of nitrogens with zero attached hydrogens (tertiary/aromatic N) is 2. The molecule has 0 fully saturated rings. The second-order valence-electron chi connectivity index (χ2n) is 4.17. The molecule has 18 heavy (non-hydrogen) atoms. The molecule has 2 rings (SSSR count). The first-order valence-electron chi connectivity index (χ1n) is 5.91. The van der Waals surface area contributed by atoms with Crippen LogP contribution in [0.1, 0.15) is 29.8 Å². The lowest BCUT2D eigenvalue weighted by Gasteiger charge is -2.19. The van der Waals surface area contributed by atoms with Crippen LogP contribution < -0.4 is 11.3 Å². The molecule has 0 aliphatic carbocycles. The summed E-state index contributed by atoms with van der Waals surface area (Å²) in [7, 11) is 0. The molecule has 1 aromatic heterocycles. The maximum Gasteiger partial charge on any atom is 0.123 e. The molecule has 1 unspecified atom stereocenters. The summed E-state index contributed by atoms with van der Waals surface area (Å²) in [6, 6.07) is 6.33. The summed E-state index contributed by atoms with van der Waals surface area (Å²) < 4.78 is 15.2. The molecular formula is C13H17FN4. The maximum absolute atomic E-state index is 13.4. The smallest absolute Gasteiger partial charge is 0.123 e. The number of nitrogens with one attached hydrogen (secondary N) is 1. The summed E-state index contributed by atoms with van der Waals surface area (Å²) >= 11 is 0. The second kappa shape index (κ2) is 5.29. The minimum absolute atomic E-state index is 0.261. The van der Waals surface area contributed by atoms with E-state index in [2.05, 4.69) is 10.5 Å². The third-order valence-electron chi connectivity index (χ3n) is 3.06. The van der Waals surface area contributed by atoms with Gasteiger partial charge in [0.1, 0.15) is 5.82 Å². The van der Waals surface area contributed by atoms with Gasteiger partial charge in [-0.1, -0.05) is 6.07 Å². The van der Waals surface area contributed by atoms with Crippen molar-refractivity contribution in [2.75, 3.05) is 0 Å². The van der Waals surface area contributed by atoms with Crippen molar-refractivity contribution in [3.05, 3.63) is 53.1 Å². The highest BCUT2D eigenvalue weighted by atomic mass is 19.1. The van der Waals surface area contributed by atoms with Gasteiger partial charge in [0, 0.05) is 12.7 Å². The number of aromatic nitrogens is 2. The molecule has 2 aromatic rings. The van der Waals surface area contributed by atoms with Crippen molar-refractivity contribution < 1.29 is 4.39 Å². The van der Waals surface area contributed by atoms with E-state index in [4.69, 9.17) is 5.84 Å². The SMILES string of the molecule is CCn1nccc1C(NN)c1cc(F)ccc1C. The largest absolute Gasteiger partial charge is 0.271 e. The van der Waals surface area contributed by atoms with Gasteiger partial charge in [-0.3, -0.25) is 10.5 Å². The summed E-state index contributed by atoms with van der Waals surface area (Å²) in [5, 5.41) is 4.21. The van der Waals surface area contributed by atoms with Crippen LogP contribution >= 0.6 is 0 Å². The molecule has 4 nitrogen and oxygen atoms in total. The van der Waals surface area contributed by atoms with Crippen molar-refractivity contribution in [2.24, 2.45) is 5.84 Å². The summed E-state index contributed by atoms with van der Waals surface area (Å²) in [5.74, 6) is 5.36. The second-order valence-corrected chi connectivity index (χ2v) is 4.17. The van der Waals surface area contributed by atoms with Crippen molar-refractivity contribution in [1.82, 2.24) is 15.2 Å². The summed E-state index contributed by atoms with van der Waals surface area (Å²) in [4.78, 5) is 0. The molecule has 5 heteroatoms. The molecule has 1 atom stereocenters. The Morgan fingerprint density at radius 2 is 2.22 bits per heavy atom. The predicted octanol–water partition coefficient (Wildman–Crippen LogP) is 1.90. The Morgan fingerprint density at radius 3 is 2.89 bits per heavy atom. The Hall–Kier alpha value is -1.72. The third-order valence-corrected chi connectivity index (χ3v) is 3.06. The minimum Gasteiger partial charge on any atom is -0.271 e. The van der Waals surface area contributed by atoms with Gasteiger partial charge in [0.15, 0.2) is 0 Å². The van der Waals surface area contributed by atoms with Crippen LogP contribution in [0.5, 0.6) is 0 Å². The highest BCUT2D eigenvalue weighted by Crippen LogP contribution is 2.24. The predicted molar refractivity (Wildman–Crippen MR) is 68.2 cm³/mol. The zero-order chi connectivity index (χ0) is 13.1. The van der Waals surface area contributed by atoms with Gasteiger partial charge in [0.2, 0.25) is 0 Å². The van der Waals surface area contributed by atoms with Crippen LogP contribution in [0.25, 0.3) is 0 Å². The summed E-state index contributed by atoms with van der Waals surface area (Å²) in [5.41, 5.74) is 5.48. The van der Waals surface area contributed by atoms with Crippen LogP contribution in [0, 0.1) is 12.7 Å². The molecular weight excluding hydrogens is 231 g/mol. The molecule has 3 N–H and O–H groups in total. The average Bonchev–Trinajstić information content (AvgIpc) is 2.83. The van der Waals surface area contributed by atoms with Gasteiger partial charge in [-0.15, -0.1) is 0 Å². The van der Waals surface area contributed by atoms with E-state index in [1.807, 2.05) is 24.6 Å². The van der Waals surface area contributed by atoms with Crippen molar-refractivity contribution in [3.63, 3.8) is 0 Å². The van der Waals surface area contributed by atoms with Crippen LogP contribution in [0.15, 0.2) is 30.5 Å². The first kappa shape index (κ1) is 12.7. The number of hydrogen-bond donors (Lipinski definition) is 2. The number of halogens is 1. The Bertz CT molecular complexity index is 536. The number of benzene rings is 1. The molecule has 0 amide bonds. The number of rotatable bonds is 4. The van der Waals surface area contributed by atoms with E-state index in [0.29, 0.717) is 0 Å². The standard InChI is InChI=1S/C13H17FN4/c1-3-18-12(6-7-16-18)13(17-15)11-8-10(14)5-4-9(11)2/h4-8,13,17H,3,15H2,1-2H3. The number of aryl methyl sites for hydroxylation is 2. The van der Waals surface area contributed by atoms with E-state index in [0.717, 1.165) is 23.4 Å². The first-order valence-corrected chi connectivity index (χ1v) is 5.91. The average molecular weight is 248 g/mol. The monoisotopic (exact) mass is 248 g/mol. The van der Waals surface area contributed by atoms with Crippen LogP contribution in [0.2, 0.25) is 0 Å². The van der Waals surface area contributed by atoms with Gasteiger partial charge < -0.3 is 0 Å². The molecule has 96 valence electrons.